The summed E-state index contributed by atoms with van der Waals surface area (Å²) in [6.45, 7) is 0. The van der Waals surface area contributed by atoms with Crippen molar-refractivity contribution in [3.05, 3.63) is 36.5 Å². The third kappa shape index (κ3) is 0.938. The molecule has 0 saturated carbocycles. The maximum absolute atomic E-state index is 4.19. The average Bonchev–Trinajstić information content (AvgIpc) is 2.56. The maximum Gasteiger partial charge on any atom is 0.0918 e. The lowest BCUT2D eigenvalue weighted by Gasteiger charge is -1.96. The van der Waals surface area contributed by atoms with Gasteiger partial charge in [-0.25, -0.2) is 0 Å². The summed E-state index contributed by atoms with van der Waals surface area (Å²) < 4.78 is 0. The van der Waals surface area contributed by atoms with Crippen molar-refractivity contribution in [1.29, 1.82) is 0 Å². The van der Waals surface area contributed by atoms with E-state index in [2.05, 4.69) is 40.5 Å². The molecule has 0 atom stereocenters. The molecule has 0 aliphatic carbocycles. The average molecular weight is 184 g/mol. The van der Waals surface area contributed by atoms with Gasteiger partial charge in [-0.2, -0.15) is 10.2 Å². The first-order valence-electron chi connectivity index (χ1n) is 4.34. The van der Waals surface area contributed by atoms with Crippen LogP contribution in [0.4, 0.5) is 0 Å². The highest BCUT2D eigenvalue weighted by Crippen LogP contribution is 2.15. The van der Waals surface area contributed by atoms with Crippen molar-refractivity contribution in [3.8, 4) is 11.3 Å². The zero-order valence-electron chi connectivity index (χ0n) is 7.07. The largest absolute Gasteiger partial charge is 0.159 e. The summed E-state index contributed by atoms with van der Waals surface area (Å²) in [4.78, 5) is 0. The monoisotopic (exact) mass is 184 g/mol. The first-order valence-corrected chi connectivity index (χ1v) is 5.75. The summed E-state index contributed by atoms with van der Waals surface area (Å²) in [5, 5.41) is 11.0. The summed E-state index contributed by atoms with van der Waals surface area (Å²) in [6, 6.07) is 10.6. The maximum atomic E-state index is 4.19. The minimum absolute atomic E-state index is 0.263. The van der Waals surface area contributed by atoms with Gasteiger partial charge in [-0.05, 0) is 11.3 Å². The zero-order chi connectivity index (χ0) is 8.67. The summed E-state index contributed by atoms with van der Waals surface area (Å²) >= 11 is 0. The van der Waals surface area contributed by atoms with Crippen LogP contribution >= 0.6 is 0 Å². The molecule has 0 amide bonds. The Morgan fingerprint density at radius 1 is 1.00 bits per heavy atom. The fraction of sp³-hybridized carbons (Fsp3) is 0. The van der Waals surface area contributed by atoms with Gasteiger partial charge < -0.3 is 0 Å². The fourth-order valence-corrected chi connectivity index (χ4v) is 3.63. The zero-order valence-corrected chi connectivity index (χ0v) is 8.48. The topological polar surface area (TPSA) is 25.8 Å². The van der Waals surface area contributed by atoms with Gasteiger partial charge in [-0.1, -0.05) is 29.5 Å². The second-order valence-corrected chi connectivity index (χ2v) is 5.12. The van der Waals surface area contributed by atoms with Crippen LogP contribution in [-0.4, -0.2) is 19.7 Å². The molecule has 1 aliphatic rings. The number of hydrogen-bond acceptors (Lipinski definition) is 2. The van der Waals surface area contributed by atoms with Crippen molar-refractivity contribution in [2.75, 3.05) is 0 Å². The molecule has 3 rings (SSSR count). The van der Waals surface area contributed by atoms with Crippen molar-refractivity contribution in [3.63, 3.8) is 0 Å². The Hall–Kier alpha value is -1.48. The van der Waals surface area contributed by atoms with Crippen LogP contribution < -0.4 is 10.4 Å². The second kappa shape index (κ2) is 2.50. The van der Waals surface area contributed by atoms with Gasteiger partial charge in [-0.15, -0.1) is 0 Å². The molecule has 62 valence electrons. The SMILES string of the molecule is c1ccc2c(c1)[SiH2]c1ccnnc1-2. The van der Waals surface area contributed by atoms with Crippen LogP contribution in [0.25, 0.3) is 11.3 Å². The number of nitrogens with zero attached hydrogens (tertiary/aromatic N) is 2. The number of benzene rings is 1. The second-order valence-electron chi connectivity index (χ2n) is 3.24. The minimum atomic E-state index is -0.263. The quantitative estimate of drug-likeness (QED) is 0.443. The molecule has 0 spiro atoms. The third-order valence-corrected chi connectivity index (χ3v) is 4.41. The van der Waals surface area contributed by atoms with E-state index >= 15 is 0 Å². The van der Waals surface area contributed by atoms with E-state index in [0.29, 0.717) is 0 Å². The van der Waals surface area contributed by atoms with Gasteiger partial charge in [0.25, 0.3) is 0 Å². The Labute approximate surface area is 78.5 Å². The number of fused-ring (bicyclic) bond motifs is 3. The minimum Gasteiger partial charge on any atom is -0.159 e. The fourth-order valence-electron chi connectivity index (χ4n) is 1.84. The summed E-state index contributed by atoms with van der Waals surface area (Å²) in [7, 11) is -0.263. The van der Waals surface area contributed by atoms with Crippen molar-refractivity contribution in [2.24, 2.45) is 0 Å². The molecule has 1 aliphatic heterocycles. The molecule has 0 N–H and O–H groups in total. The van der Waals surface area contributed by atoms with Crippen molar-refractivity contribution >= 4 is 19.9 Å². The molecule has 3 heteroatoms. The van der Waals surface area contributed by atoms with Crippen LogP contribution in [0.3, 0.4) is 0 Å². The van der Waals surface area contributed by atoms with E-state index in [4.69, 9.17) is 0 Å². The highest BCUT2D eigenvalue weighted by molar-refractivity contribution is 6.73. The standard InChI is InChI=1S/C10H8N2Si/c1-2-4-8-7(3-1)10-9(13-8)5-6-11-12-10/h1-6H,13H2. The van der Waals surface area contributed by atoms with Crippen LogP contribution in [-0.2, 0) is 0 Å². The van der Waals surface area contributed by atoms with Gasteiger partial charge in [0.15, 0.2) is 0 Å². The molecule has 13 heavy (non-hydrogen) atoms. The van der Waals surface area contributed by atoms with Crippen LogP contribution in [0.2, 0.25) is 0 Å². The molecule has 0 bridgehead atoms. The van der Waals surface area contributed by atoms with Crippen molar-refractivity contribution in [1.82, 2.24) is 10.2 Å². The molecule has 1 aromatic heterocycles. The smallest absolute Gasteiger partial charge is 0.0918 e. The molecule has 2 nitrogen and oxygen atoms in total. The molecule has 0 saturated heterocycles. The Morgan fingerprint density at radius 3 is 2.92 bits per heavy atom. The van der Waals surface area contributed by atoms with Crippen LogP contribution in [0.15, 0.2) is 36.5 Å². The predicted octanol–water partition coefficient (Wildman–Crippen LogP) is -0.423. The van der Waals surface area contributed by atoms with E-state index in [1.165, 1.54) is 15.9 Å². The molecule has 2 heterocycles. The lowest BCUT2D eigenvalue weighted by atomic mass is 10.1. The number of rotatable bonds is 0. The van der Waals surface area contributed by atoms with E-state index in [0.717, 1.165) is 5.69 Å². The highest BCUT2D eigenvalue weighted by atomic mass is 28.2. The van der Waals surface area contributed by atoms with Gasteiger partial charge in [0.1, 0.15) is 0 Å². The predicted molar refractivity (Wildman–Crippen MR) is 55.3 cm³/mol. The first kappa shape index (κ1) is 6.97. The van der Waals surface area contributed by atoms with Gasteiger partial charge >= 0.3 is 0 Å². The Kier molecular flexibility index (Phi) is 1.34. The van der Waals surface area contributed by atoms with Crippen molar-refractivity contribution < 1.29 is 0 Å². The molecular weight excluding hydrogens is 176 g/mol. The highest BCUT2D eigenvalue weighted by Gasteiger charge is 2.18. The molecule has 0 fully saturated rings. The molecule has 2 aromatic rings. The third-order valence-electron chi connectivity index (χ3n) is 2.46. The van der Waals surface area contributed by atoms with Gasteiger partial charge in [0.2, 0.25) is 0 Å². The summed E-state index contributed by atoms with van der Waals surface area (Å²) in [5.41, 5.74) is 2.42. The number of hydrogen-bond donors (Lipinski definition) is 0. The number of aromatic nitrogens is 2. The molecule has 0 unspecified atom stereocenters. The Morgan fingerprint density at radius 2 is 1.92 bits per heavy atom. The summed E-state index contributed by atoms with van der Waals surface area (Å²) in [5.74, 6) is 0. The van der Waals surface area contributed by atoms with Crippen molar-refractivity contribution in [2.45, 2.75) is 0 Å². The molecule has 1 aromatic carbocycles. The Balaban J connectivity index is 2.32. The van der Waals surface area contributed by atoms with E-state index in [9.17, 15) is 0 Å². The van der Waals surface area contributed by atoms with E-state index in [1.54, 1.807) is 6.20 Å². The first-order chi connectivity index (χ1) is 6.45. The van der Waals surface area contributed by atoms with Crippen LogP contribution in [0.5, 0.6) is 0 Å². The van der Waals surface area contributed by atoms with E-state index < -0.39 is 0 Å². The normalized spacial score (nSPS) is 14.2. The van der Waals surface area contributed by atoms with Crippen LogP contribution in [0.1, 0.15) is 0 Å². The van der Waals surface area contributed by atoms with E-state index in [-0.39, 0.29) is 9.52 Å². The summed E-state index contributed by atoms with van der Waals surface area (Å²) in [6.07, 6.45) is 1.79. The van der Waals surface area contributed by atoms with E-state index in [1.807, 2.05) is 0 Å². The lowest BCUT2D eigenvalue weighted by Crippen LogP contribution is -2.20. The van der Waals surface area contributed by atoms with Gasteiger partial charge in [0.05, 0.1) is 15.2 Å². The van der Waals surface area contributed by atoms with Gasteiger partial charge in [-0.3, -0.25) is 0 Å². The molecular formula is C10H8N2Si. The Bertz CT molecular complexity index is 424. The lowest BCUT2D eigenvalue weighted by molar-refractivity contribution is 1.05. The molecule has 0 radical (unpaired) electrons. The van der Waals surface area contributed by atoms with Gasteiger partial charge in [0, 0.05) is 11.8 Å². The van der Waals surface area contributed by atoms with Crippen LogP contribution in [0, 0.1) is 0 Å².